The zero-order valence-corrected chi connectivity index (χ0v) is 17.3. The predicted octanol–water partition coefficient (Wildman–Crippen LogP) is 5.44. The van der Waals surface area contributed by atoms with Gasteiger partial charge in [0, 0.05) is 11.6 Å². The fourth-order valence-corrected chi connectivity index (χ4v) is 3.12. The zero-order chi connectivity index (χ0) is 22.2. The summed E-state index contributed by atoms with van der Waals surface area (Å²) in [7, 11) is 0. The lowest BCUT2D eigenvalue weighted by Gasteiger charge is -2.10. The minimum atomic E-state index is -0.648. The van der Waals surface area contributed by atoms with Crippen LogP contribution in [0.15, 0.2) is 91.0 Å². The van der Waals surface area contributed by atoms with Crippen molar-refractivity contribution in [1.82, 2.24) is 9.78 Å². The SMILES string of the molecule is O=C(Nc1cc(-c2ccccc2)nn1-c1cccc(F)c1)OCCOCc1ccccc1. The first-order chi connectivity index (χ1) is 15.7. The molecule has 3 aromatic carbocycles. The number of benzene rings is 3. The molecule has 0 aliphatic rings. The van der Waals surface area contributed by atoms with Gasteiger partial charge < -0.3 is 9.47 Å². The lowest BCUT2D eigenvalue weighted by molar-refractivity contribution is 0.0696. The second kappa shape index (κ2) is 10.4. The molecule has 1 heterocycles. The third-order valence-corrected chi connectivity index (χ3v) is 4.63. The first-order valence-corrected chi connectivity index (χ1v) is 10.2. The van der Waals surface area contributed by atoms with E-state index in [2.05, 4.69) is 10.4 Å². The van der Waals surface area contributed by atoms with E-state index < -0.39 is 11.9 Å². The molecule has 1 amide bonds. The Hall–Kier alpha value is -3.97. The van der Waals surface area contributed by atoms with Gasteiger partial charge in [0.1, 0.15) is 18.2 Å². The molecule has 7 heteroatoms. The monoisotopic (exact) mass is 431 g/mol. The molecule has 0 atom stereocenters. The van der Waals surface area contributed by atoms with Crippen molar-refractivity contribution < 1.29 is 18.7 Å². The molecular formula is C25H22FN3O3. The van der Waals surface area contributed by atoms with Crippen molar-refractivity contribution in [2.24, 2.45) is 0 Å². The van der Waals surface area contributed by atoms with Crippen LogP contribution in [0.25, 0.3) is 16.9 Å². The summed E-state index contributed by atoms with van der Waals surface area (Å²) in [6.07, 6.45) is -0.648. The van der Waals surface area contributed by atoms with Crippen LogP contribution < -0.4 is 5.32 Å². The van der Waals surface area contributed by atoms with E-state index in [0.717, 1.165) is 11.1 Å². The van der Waals surface area contributed by atoms with Crippen LogP contribution in [0.4, 0.5) is 15.0 Å². The number of carbonyl (C=O) groups excluding carboxylic acids is 1. The molecule has 162 valence electrons. The van der Waals surface area contributed by atoms with E-state index in [4.69, 9.17) is 9.47 Å². The number of rotatable bonds is 8. The van der Waals surface area contributed by atoms with Crippen molar-refractivity contribution in [2.45, 2.75) is 6.61 Å². The van der Waals surface area contributed by atoms with Gasteiger partial charge in [-0.25, -0.2) is 13.9 Å². The number of ether oxygens (including phenoxy) is 2. The third kappa shape index (κ3) is 5.59. The number of anilines is 1. The lowest BCUT2D eigenvalue weighted by atomic mass is 10.2. The quantitative estimate of drug-likeness (QED) is 0.377. The van der Waals surface area contributed by atoms with Crippen LogP contribution in [0.2, 0.25) is 0 Å². The minimum Gasteiger partial charge on any atom is -0.447 e. The van der Waals surface area contributed by atoms with Crippen LogP contribution >= 0.6 is 0 Å². The van der Waals surface area contributed by atoms with Crippen molar-refractivity contribution in [1.29, 1.82) is 0 Å². The maximum atomic E-state index is 13.8. The van der Waals surface area contributed by atoms with Crippen molar-refractivity contribution in [3.63, 3.8) is 0 Å². The van der Waals surface area contributed by atoms with E-state index in [-0.39, 0.29) is 13.2 Å². The maximum Gasteiger partial charge on any atom is 0.412 e. The predicted molar refractivity (Wildman–Crippen MR) is 120 cm³/mol. The molecule has 0 bridgehead atoms. The number of amides is 1. The summed E-state index contributed by atoms with van der Waals surface area (Å²) in [5.74, 6) is -0.0343. The van der Waals surface area contributed by atoms with Gasteiger partial charge in [-0.1, -0.05) is 66.7 Å². The van der Waals surface area contributed by atoms with Crippen molar-refractivity contribution >= 4 is 11.9 Å². The average Bonchev–Trinajstić information content (AvgIpc) is 3.24. The summed E-state index contributed by atoms with van der Waals surface area (Å²) in [5, 5.41) is 7.23. The highest BCUT2D eigenvalue weighted by Gasteiger charge is 2.15. The summed E-state index contributed by atoms with van der Waals surface area (Å²) in [5.41, 5.74) is 3.03. The molecule has 4 aromatic rings. The van der Waals surface area contributed by atoms with Gasteiger partial charge in [-0.05, 0) is 23.8 Å². The van der Waals surface area contributed by atoms with E-state index in [1.807, 2.05) is 60.7 Å². The van der Waals surface area contributed by atoms with Gasteiger partial charge in [0.05, 0.1) is 24.6 Å². The number of halogens is 1. The molecule has 0 aliphatic carbocycles. The van der Waals surface area contributed by atoms with Crippen molar-refractivity contribution in [3.05, 3.63) is 102 Å². The van der Waals surface area contributed by atoms with Crippen LogP contribution in [0.3, 0.4) is 0 Å². The smallest absolute Gasteiger partial charge is 0.412 e. The summed E-state index contributed by atoms with van der Waals surface area (Å²) < 4.78 is 26.0. The van der Waals surface area contributed by atoms with E-state index >= 15 is 0 Å². The second-order valence-corrected chi connectivity index (χ2v) is 6.97. The van der Waals surface area contributed by atoms with E-state index in [9.17, 15) is 9.18 Å². The van der Waals surface area contributed by atoms with Gasteiger partial charge in [-0.15, -0.1) is 0 Å². The van der Waals surface area contributed by atoms with E-state index in [0.29, 0.717) is 23.8 Å². The molecule has 1 N–H and O–H groups in total. The maximum absolute atomic E-state index is 13.8. The highest BCUT2D eigenvalue weighted by molar-refractivity contribution is 5.85. The Morgan fingerprint density at radius 2 is 1.66 bits per heavy atom. The molecule has 6 nitrogen and oxygen atoms in total. The van der Waals surface area contributed by atoms with Crippen molar-refractivity contribution in [3.8, 4) is 16.9 Å². The number of nitrogens with zero attached hydrogens (tertiary/aromatic N) is 2. The topological polar surface area (TPSA) is 65.4 Å². The van der Waals surface area contributed by atoms with Crippen LogP contribution in [0.1, 0.15) is 5.56 Å². The van der Waals surface area contributed by atoms with Crippen LogP contribution in [0, 0.1) is 5.82 Å². The number of carbonyl (C=O) groups is 1. The largest absolute Gasteiger partial charge is 0.447 e. The lowest BCUT2D eigenvalue weighted by Crippen LogP contribution is -2.18. The normalized spacial score (nSPS) is 10.7. The fourth-order valence-electron chi connectivity index (χ4n) is 3.12. The molecule has 0 radical (unpaired) electrons. The standard InChI is InChI=1S/C25H22FN3O3/c26-21-12-7-13-22(16-21)29-24(17-23(28-29)20-10-5-2-6-11-20)27-25(30)32-15-14-31-18-19-8-3-1-4-9-19/h1-13,16-17H,14-15,18H2,(H,27,30). The van der Waals surface area contributed by atoms with Gasteiger partial charge in [-0.2, -0.15) is 5.10 Å². The first-order valence-electron chi connectivity index (χ1n) is 10.2. The Bertz CT molecular complexity index is 1160. The Morgan fingerprint density at radius 3 is 2.41 bits per heavy atom. The van der Waals surface area contributed by atoms with Crippen LogP contribution in [-0.2, 0) is 16.1 Å². The molecule has 0 fully saturated rings. The zero-order valence-electron chi connectivity index (χ0n) is 17.3. The molecule has 0 saturated carbocycles. The van der Waals surface area contributed by atoms with Gasteiger partial charge in [0.15, 0.2) is 0 Å². The summed E-state index contributed by atoms with van der Waals surface area (Å²) in [6, 6.07) is 27.0. The molecule has 0 unspecified atom stereocenters. The summed E-state index contributed by atoms with van der Waals surface area (Å²) in [4.78, 5) is 12.3. The second-order valence-electron chi connectivity index (χ2n) is 6.97. The molecule has 4 rings (SSSR count). The third-order valence-electron chi connectivity index (χ3n) is 4.63. The van der Waals surface area contributed by atoms with Crippen LogP contribution in [0.5, 0.6) is 0 Å². The Balaban J connectivity index is 1.41. The molecule has 32 heavy (non-hydrogen) atoms. The highest BCUT2D eigenvalue weighted by atomic mass is 19.1. The van der Waals surface area contributed by atoms with Gasteiger partial charge >= 0.3 is 6.09 Å². The highest BCUT2D eigenvalue weighted by Crippen LogP contribution is 2.25. The molecule has 1 aromatic heterocycles. The molecular weight excluding hydrogens is 409 g/mol. The fraction of sp³-hybridized carbons (Fsp3) is 0.120. The van der Waals surface area contributed by atoms with E-state index in [1.165, 1.54) is 16.8 Å². The van der Waals surface area contributed by atoms with Gasteiger partial charge in [0.25, 0.3) is 0 Å². The molecule has 0 saturated heterocycles. The Morgan fingerprint density at radius 1 is 0.906 bits per heavy atom. The first kappa shape index (κ1) is 21.3. The summed E-state index contributed by atoms with van der Waals surface area (Å²) >= 11 is 0. The van der Waals surface area contributed by atoms with Crippen molar-refractivity contribution in [2.75, 3.05) is 18.5 Å². The van der Waals surface area contributed by atoms with Crippen LogP contribution in [-0.4, -0.2) is 29.1 Å². The Labute approximate surface area is 185 Å². The number of hydrogen-bond acceptors (Lipinski definition) is 4. The molecule has 0 aliphatic heterocycles. The average molecular weight is 431 g/mol. The van der Waals surface area contributed by atoms with Gasteiger partial charge in [0.2, 0.25) is 0 Å². The summed E-state index contributed by atoms with van der Waals surface area (Å²) in [6.45, 7) is 0.803. The number of aromatic nitrogens is 2. The number of nitrogens with one attached hydrogen (secondary N) is 1. The van der Waals surface area contributed by atoms with E-state index in [1.54, 1.807) is 18.2 Å². The number of hydrogen-bond donors (Lipinski definition) is 1. The molecule has 0 spiro atoms. The van der Waals surface area contributed by atoms with Gasteiger partial charge in [-0.3, -0.25) is 5.32 Å². The Kier molecular flexibility index (Phi) is 6.89. The minimum absolute atomic E-state index is 0.0955.